The molecule has 0 N–H and O–H groups in total. The van der Waals surface area contributed by atoms with Crippen LogP contribution in [0.25, 0.3) is 0 Å². The largest absolute Gasteiger partial charge is 0.494 e. The quantitative estimate of drug-likeness (QED) is 0.0834. The van der Waals surface area contributed by atoms with Crippen molar-refractivity contribution in [2.45, 2.75) is 129 Å². The first kappa shape index (κ1) is 33.9. The van der Waals surface area contributed by atoms with Crippen molar-refractivity contribution in [2.24, 2.45) is 11.8 Å². The first-order chi connectivity index (χ1) is 20.6. The van der Waals surface area contributed by atoms with Gasteiger partial charge in [-0.05, 0) is 73.6 Å². The molecule has 4 nitrogen and oxygen atoms in total. The highest BCUT2D eigenvalue weighted by molar-refractivity contribution is 5.91. The van der Waals surface area contributed by atoms with Crippen molar-refractivity contribution < 1.29 is 23.4 Å². The Morgan fingerprint density at radius 2 is 1.29 bits per heavy atom. The summed E-state index contributed by atoms with van der Waals surface area (Å²) in [5, 5.41) is 0. The molecule has 0 amide bonds. The molecule has 0 aromatic heterocycles. The Bertz CT molecular complexity index is 1000. The summed E-state index contributed by atoms with van der Waals surface area (Å²) in [6.07, 6.45) is 22.9. The lowest BCUT2D eigenvalue weighted by molar-refractivity contribution is 0.0734. The smallest absolute Gasteiger partial charge is 0.343 e. The second-order valence-corrected chi connectivity index (χ2v) is 12.1. The molecule has 2 aromatic rings. The first-order valence-electron chi connectivity index (χ1n) is 17.0. The van der Waals surface area contributed by atoms with Gasteiger partial charge in [0.1, 0.15) is 11.5 Å². The summed E-state index contributed by atoms with van der Waals surface area (Å²) in [6, 6.07) is 11.3. The minimum Gasteiger partial charge on any atom is -0.494 e. The van der Waals surface area contributed by atoms with E-state index in [9.17, 15) is 9.18 Å². The van der Waals surface area contributed by atoms with E-state index in [4.69, 9.17) is 14.2 Å². The van der Waals surface area contributed by atoms with Gasteiger partial charge in [-0.25, -0.2) is 9.18 Å². The van der Waals surface area contributed by atoms with Gasteiger partial charge in [0, 0.05) is 0 Å². The summed E-state index contributed by atoms with van der Waals surface area (Å²) in [7, 11) is 0. The van der Waals surface area contributed by atoms with Crippen molar-refractivity contribution in [3.8, 4) is 17.2 Å². The number of unbranched alkanes of at least 4 members (excludes halogenated alkanes) is 9. The van der Waals surface area contributed by atoms with Gasteiger partial charge in [0.15, 0.2) is 11.6 Å². The van der Waals surface area contributed by atoms with Gasteiger partial charge in [0.05, 0.1) is 18.8 Å². The van der Waals surface area contributed by atoms with E-state index in [0.717, 1.165) is 36.8 Å². The van der Waals surface area contributed by atoms with Crippen LogP contribution in [-0.2, 0) is 0 Å². The van der Waals surface area contributed by atoms with E-state index >= 15 is 0 Å². The highest BCUT2D eigenvalue weighted by atomic mass is 19.1. The second kappa shape index (κ2) is 20.4. The standard InChI is InChI=1S/C37H55FO4/c1-3-5-6-7-8-9-10-11-12-15-27-41-36-26-21-32(29-35(36)38)37(39)42-34-24-22-33(23-25-34)40-28-16-20-31-19-14-13-18-30(31)17-4-2/h21-26,29-31H,3-20,27-28H2,1-2H3. The van der Waals surface area contributed by atoms with Crippen molar-refractivity contribution in [3.63, 3.8) is 0 Å². The lowest BCUT2D eigenvalue weighted by Crippen LogP contribution is -2.20. The first-order valence-corrected chi connectivity index (χ1v) is 17.0. The molecule has 2 unspecified atom stereocenters. The number of hydrogen-bond acceptors (Lipinski definition) is 4. The average Bonchev–Trinajstić information content (AvgIpc) is 3.00. The molecule has 1 fully saturated rings. The Hall–Kier alpha value is -2.56. The minimum atomic E-state index is -0.599. The van der Waals surface area contributed by atoms with Crippen molar-refractivity contribution in [2.75, 3.05) is 13.2 Å². The van der Waals surface area contributed by atoms with Crippen LogP contribution in [0.3, 0.4) is 0 Å². The Morgan fingerprint density at radius 3 is 1.93 bits per heavy atom. The minimum absolute atomic E-state index is 0.156. The zero-order chi connectivity index (χ0) is 29.8. The number of carbonyl (C=O) groups is 1. The predicted octanol–water partition coefficient (Wildman–Crippen LogP) is 11.1. The zero-order valence-electron chi connectivity index (χ0n) is 26.3. The van der Waals surface area contributed by atoms with Crippen LogP contribution in [0.1, 0.15) is 140 Å². The fraction of sp³-hybridized carbons (Fsp3) is 0.649. The molecule has 42 heavy (non-hydrogen) atoms. The number of hydrogen-bond donors (Lipinski definition) is 0. The number of halogens is 1. The van der Waals surface area contributed by atoms with Crippen LogP contribution < -0.4 is 14.2 Å². The molecular formula is C37H55FO4. The topological polar surface area (TPSA) is 44.8 Å². The van der Waals surface area contributed by atoms with Crippen molar-refractivity contribution in [1.82, 2.24) is 0 Å². The van der Waals surface area contributed by atoms with Gasteiger partial charge in [0.25, 0.3) is 0 Å². The summed E-state index contributed by atoms with van der Waals surface area (Å²) < 4.78 is 31.6. The summed E-state index contributed by atoms with van der Waals surface area (Å²) in [6.45, 7) is 5.71. The van der Waals surface area contributed by atoms with Crippen LogP contribution in [0.5, 0.6) is 17.2 Å². The lowest BCUT2D eigenvalue weighted by Gasteiger charge is -2.31. The number of ether oxygens (including phenoxy) is 3. The molecule has 0 bridgehead atoms. The zero-order valence-corrected chi connectivity index (χ0v) is 26.3. The summed E-state index contributed by atoms with van der Waals surface area (Å²) in [5.41, 5.74) is 0.156. The summed E-state index contributed by atoms with van der Waals surface area (Å²) in [4.78, 5) is 12.6. The molecule has 1 aliphatic rings. The maximum absolute atomic E-state index is 14.6. The van der Waals surface area contributed by atoms with Crippen molar-refractivity contribution in [1.29, 1.82) is 0 Å². The molecular weight excluding hydrogens is 527 g/mol. The highest BCUT2D eigenvalue weighted by Gasteiger charge is 2.23. The Balaban J connectivity index is 1.31. The maximum Gasteiger partial charge on any atom is 0.343 e. The molecule has 1 aliphatic carbocycles. The van der Waals surface area contributed by atoms with Gasteiger partial charge < -0.3 is 14.2 Å². The number of carbonyl (C=O) groups excluding carboxylic acids is 1. The SMILES string of the molecule is CCCCCCCCCCCCOc1ccc(C(=O)Oc2ccc(OCCCC3CCCCC3CCC)cc2)cc1F. The molecule has 0 aliphatic heterocycles. The Kier molecular flexibility index (Phi) is 16.5. The molecule has 2 atom stereocenters. The van der Waals surface area contributed by atoms with Crippen molar-refractivity contribution in [3.05, 3.63) is 53.8 Å². The van der Waals surface area contributed by atoms with E-state index in [1.807, 2.05) is 12.1 Å². The van der Waals surface area contributed by atoms with E-state index in [-0.39, 0.29) is 11.3 Å². The molecule has 0 spiro atoms. The van der Waals surface area contributed by atoms with Gasteiger partial charge in [-0.15, -0.1) is 0 Å². The number of benzene rings is 2. The van der Waals surface area contributed by atoms with Gasteiger partial charge in [0.2, 0.25) is 0 Å². The predicted molar refractivity (Wildman–Crippen MR) is 170 cm³/mol. The Labute approximate surface area is 254 Å². The van der Waals surface area contributed by atoms with Crippen LogP contribution in [0.2, 0.25) is 0 Å². The summed E-state index contributed by atoms with van der Waals surface area (Å²) >= 11 is 0. The monoisotopic (exact) mass is 582 g/mol. The Morgan fingerprint density at radius 1 is 0.690 bits per heavy atom. The molecule has 5 heteroatoms. The third-order valence-corrected chi connectivity index (χ3v) is 8.67. The number of rotatable bonds is 21. The molecule has 0 heterocycles. The van der Waals surface area contributed by atoms with Crippen LogP contribution in [0.15, 0.2) is 42.5 Å². The normalized spacial score (nSPS) is 16.7. The van der Waals surface area contributed by atoms with Crippen molar-refractivity contribution >= 4 is 5.97 Å². The third kappa shape index (κ3) is 12.8. The van der Waals surface area contributed by atoms with Crippen LogP contribution >= 0.6 is 0 Å². The van der Waals surface area contributed by atoms with Gasteiger partial charge in [-0.1, -0.05) is 110 Å². The van der Waals surface area contributed by atoms with E-state index < -0.39 is 11.8 Å². The average molecular weight is 583 g/mol. The van der Waals surface area contributed by atoms with E-state index in [2.05, 4.69) is 13.8 Å². The lowest BCUT2D eigenvalue weighted by atomic mass is 9.75. The van der Waals surface area contributed by atoms with Gasteiger partial charge in [-0.3, -0.25) is 0 Å². The van der Waals surface area contributed by atoms with E-state index in [1.165, 1.54) is 108 Å². The molecule has 3 rings (SSSR count). The van der Waals surface area contributed by atoms with E-state index in [1.54, 1.807) is 18.2 Å². The second-order valence-electron chi connectivity index (χ2n) is 12.1. The van der Waals surface area contributed by atoms with Crippen LogP contribution in [-0.4, -0.2) is 19.2 Å². The molecule has 1 saturated carbocycles. The highest BCUT2D eigenvalue weighted by Crippen LogP contribution is 2.36. The third-order valence-electron chi connectivity index (χ3n) is 8.67. The molecule has 2 aromatic carbocycles. The fourth-order valence-corrected chi connectivity index (χ4v) is 6.24. The molecule has 234 valence electrons. The number of esters is 1. The maximum atomic E-state index is 14.6. The van der Waals surface area contributed by atoms with Gasteiger partial charge in [-0.2, -0.15) is 0 Å². The van der Waals surface area contributed by atoms with Gasteiger partial charge >= 0.3 is 5.97 Å². The van der Waals surface area contributed by atoms with Crippen LogP contribution in [0.4, 0.5) is 4.39 Å². The van der Waals surface area contributed by atoms with Crippen LogP contribution in [0, 0.1) is 17.7 Å². The molecule has 0 saturated heterocycles. The molecule has 0 radical (unpaired) electrons. The summed E-state index contributed by atoms with van der Waals surface area (Å²) in [5.74, 6) is 1.93. The van der Waals surface area contributed by atoms with E-state index in [0.29, 0.717) is 19.0 Å². The fourth-order valence-electron chi connectivity index (χ4n) is 6.24.